The van der Waals surface area contributed by atoms with Crippen LogP contribution in [0, 0.1) is 0 Å². The zero-order valence-corrected chi connectivity index (χ0v) is 17.8. The Kier molecular flexibility index (Phi) is 8.32. The third kappa shape index (κ3) is 6.10. The normalized spacial score (nSPS) is 15.6. The van der Waals surface area contributed by atoms with Crippen molar-refractivity contribution in [1.29, 1.82) is 0 Å². The summed E-state index contributed by atoms with van der Waals surface area (Å²) in [6.45, 7) is 3.52. The molecule has 1 aliphatic carbocycles. The Balaban J connectivity index is 1.69. The molecule has 1 unspecified atom stereocenters. The van der Waals surface area contributed by atoms with Crippen LogP contribution in [0.1, 0.15) is 49.8 Å². The van der Waals surface area contributed by atoms with Gasteiger partial charge in [0.25, 0.3) is 0 Å². The van der Waals surface area contributed by atoms with Gasteiger partial charge in [-0.2, -0.15) is 0 Å². The molecule has 1 fully saturated rings. The predicted octanol–water partition coefficient (Wildman–Crippen LogP) is 3.20. The number of benzene rings is 1. The minimum atomic E-state index is -0.644. The van der Waals surface area contributed by atoms with Gasteiger partial charge in [-0.3, -0.25) is 4.98 Å². The molecule has 3 rings (SSSR count). The van der Waals surface area contributed by atoms with Crippen molar-refractivity contribution < 1.29 is 14.6 Å². The van der Waals surface area contributed by atoms with Crippen molar-refractivity contribution in [3.63, 3.8) is 0 Å². The van der Waals surface area contributed by atoms with E-state index in [0.717, 1.165) is 42.0 Å². The van der Waals surface area contributed by atoms with E-state index in [1.54, 1.807) is 31.6 Å². The van der Waals surface area contributed by atoms with Crippen molar-refractivity contribution in [2.45, 2.75) is 51.4 Å². The van der Waals surface area contributed by atoms with Gasteiger partial charge in [0.15, 0.2) is 17.5 Å². The lowest BCUT2D eigenvalue weighted by Crippen LogP contribution is -2.39. The Morgan fingerprint density at radius 2 is 1.97 bits per heavy atom. The first-order valence-corrected chi connectivity index (χ1v) is 10.6. The van der Waals surface area contributed by atoms with Crippen molar-refractivity contribution in [2.24, 2.45) is 4.99 Å². The van der Waals surface area contributed by atoms with E-state index in [9.17, 15) is 5.11 Å². The number of aliphatic imine (C=N–C) groups is 1. The van der Waals surface area contributed by atoms with Crippen LogP contribution in [-0.2, 0) is 6.54 Å². The SMILES string of the molecule is CCNC(=NCc1cccc(OC)c1OC1CCCC1)NCC(O)c1ccncc1. The molecular weight excluding hydrogens is 380 g/mol. The van der Waals surface area contributed by atoms with Crippen LogP contribution >= 0.6 is 0 Å². The van der Waals surface area contributed by atoms with E-state index < -0.39 is 6.10 Å². The molecule has 7 heteroatoms. The van der Waals surface area contributed by atoms with Crippen LogP contribution in [0.4, 0.5) is 0 Å². The van der Waals surface area contributed by atoms with Gasteiger partial charge in [-0.25, -0.2) is 4.99 Å². The largest absolute Gasteiger partial charge is 0.493 e. The minimum Gasteiger partial charge on any atom is -0.493 e. The van der Waals surface area contributed by atoms with Crippen molar-refractivity contribution >= 4 is 5.96 Å². The average molecular weight is 413 g/mol. The summed E-state index contributed by atoms with van der Waals surface area (Å²) in [4.78, 5) is 8.68. The summed E-state index contributed by atoms with van der Waals surface area (Å²) in [7, 11) is 1.66. The maximum atomic E-state index is 10.4. The monoisotopic (exact) mass is 412 g/mol. The zero-order chi connectivity index (χ0) is 21.2. The first-order chi connectivity index (χ1) is 14.7. The highest BCUT2D eigenvalue weighted by Crippen LogP contribution is 2.35. The topological polar surface area (TPSA) is 88.0 Å². The van der Waals surface area contributed by atoms with E-state index in [-0.39, 0.29) is 6.10 Å². The van der Waals surface area contributed by atoms with Crippen LogP contribution in [0.5, 0.6) is 11.5 Å². The molecule has 1 aromatic carbocycles. The highest BCUT2D eigenvalue weighted by molar-refractivity contribution is 5.79. The summed E-state index contributed by atoms with van der Waals surface area (Å²) in [6.07, 6.45) is 7.53. The number of rotatable bonds is 9. The number of para-hydroxylation sites is 1. The minimum absolute atomic E-state index is 0.242. The lowest BCUT2D eigenvalue weighted by Gasteiger charge is -2.19. The van der Waals surface area contributed by atoms with Crippen LogP contribution in [0.3, 0.4) is 0 Å². The summed E-state index contributed by atoms with van der Waals surface area (Å²) >= 11 is 0. The van der Waals surface area contributed by atoms with Gasteiger partial charge < -0.3 is 25.2 Å². The van der Waals surface area contributed by atoms with Crippen LogP contribution in [0.2, 0.25) is 0 Å². The Hall–Kier alpha value is -2.80. The number of nitrogens with one attached hydrogen (secondary N) is 2. The van der Waals surface area contributed by atoms with Crippen LogP contribution in [-0.4, -0.2) is 42.4 Å². The summed E-state index contributed by atoms with van der Waals surface area (Å²) in [6, 6.07) is 9.51. The number of pyridine rings is 1. The zero-order valence-electron chi connectivity index (χ0n) is 17.8. The first-order valence-electron chi connectivity index (χ1n) is 10.6. The van der Waals surface area contributed by atoms with E-state index in [2.05, 4.69) is 15.6 Å². The molecule has 0 radical (unpaired) electrons. The Bertz CT molecular complexity index is 807. The molecule has 1 heterocycles. The first kappa shape index (κ1) is 21.9. The fraction of sp³-hybridized carbons (Fsp3) is 0.478. The Morgan fingerprint density at radius 3 is 2.67 bits per heavy atom. The molecular formula is C23H32N4O3. The third-order valence-electron chi connectivity index (χ3n) is 5.17. The molecule has 1 atom stereocenters. The molecule has 1 saturated carbocycles. The summed E-state index contributed by atoms with van der Waals surface area (Å²) in [5.74, 6) is 2.16. The molecule has 3 N–H and O–H groups in total. The standard InChI is InChI=1S/C23H32N4O3/c1-3-25-23(27-16-20(28)17-11-13-24-14-12-17)26-15-18-7-6-10-21(29-2)22(18)30-19-8-4-5-9-19/h6-7,10-14,19-20,28H,3-5,8-9,15-16H2,1-2H3,(H2,25,26,27). The summed E-state index contributed by atoms with van der Waals surface area (Å²) in [5.41, 5.74) is 1.79. The van der Waals surface area contributed by atoms with Crippen molar-refractivity contribution in [2.75, 3.05) is 20.2 Å². The summed E-state index contributed by atoms with van der Waals surface area (Å²) in [5, 5.41) is 16.8. The van der Waals surface area contributed by atoms with Crippen LogP contribution in [0.15, 0.2) is 47.7 Å². The highest BCUT2D eigenvalue weighted by atomic mass is 16.5. The lowest BCUT2D eigenvalue weighted by atomic mass is 10.1. The van der Waals surface area contributed by atoms with Gasteiger partial charge in [0.2, 0.25) is 0 Å². The molecule has 0 spiro atoms. The van der Waals surface area contributed by atoms with Crippen LogP contribution in [0.25, 0.3) is 0 Å². The average Bonchev–Trinajstić information content (AvgIpc) is 3.30. The molecule has 30 heavy (non-hydrogen) atoms. The number of aliphatic hydroxyl groups is 1. The lowest BCUT2D eigenvalue weighted by molar-refractivity contribution is 0.180. The van der Waals surface area contributed by atoms with Gasteiger partial charge >= 0.3 is 0 Å². The number of hydrogen-bond donors (Lipinski definition) is 3. The fourth-order valence-electron chi connectivity index (χ4n) is 3.56. The molecule has 2 aromatic rings. The molecule has 1 aromatic heterocycles. The smallest absolute Gasteiger partial charge is 0.191 e. The highest BCUT2D eigenvalue weighted by Gasteiger charge is 2.20. The van der Waals surface area contributed by atoms with Crippen molar-refractivity contribution in [3.8, 4) is 11.5 Å². The quantitative estimate of drug-likeness (QED) is 0.433. The number of aliphatic hydroxyl groups excluding tert-OH is 1. The Morgan fingerprint density at radius 1 is 1.20 bits per heavy atom. The Labute approximate surface area is 178 Å². The number of guanidine groups is 1. The van der Waals surface area contributed by atoms with Gasteiger partial charge in [-0.1, -0.05) is 12.1 Å². The number of hydrogen-bond acceptors (Lipinski definition) is 5. The molecule has 0 saturated heterocycles. The fourth-order valence-corrected chi connectivity index (χ4v) is 3.56. The molecule has 1 aliphatic rings. The van der Waals surface area contributed by atoms with E-state index in [4.69, 9.17) is 14.5 Å². The second-order valence-corrected chi connectivity index (χ2v) is 7.35. The number of ether oxygens (including phenoxy) is 2. The number of aromatic nitrogens is 1. The van der Waals surface area contributed by atoms with E-state index >= 15 is 0 Å². The summed E-state index contributed by atoms with van der Waals surface area (Å²) < 4.78 is 11.8. The molecule has 7 nitrogen and oxygen atoms in total. The van der Waals surface area contributed by atoms with Gasteiger partial charge in [0.05, 0.1) is 25.9 Å². The molecule has 0 amide bonds. The van der Waals surface area contributed by atoms with E-state index in [1.807, 2.05) is 25.1 Å². The number of methoxy groups -OCH3 is 1. The van der Waals surface area contributed by atoms with Gasteiger partial charge in [-0.05, 0) is 56.4 Å². The molecule has 0 aliphatic heterocycles. The van der Waals surface area contributed by atoms with Crippen LogP contribution < -0.4 is 20.1 Å². The maximum Gasteiger partial charge on any atom is 0.191 e. The molecule has 0 bridgehead atoms. The third-order valence-corrected chi connectivity index (χ3v) is 5.17. The van der Waals surface area contributed by atoms with Gasteiger partial charge in [0.1, 0.15) is 0 Å². The van der Waals surface area contributed by atoms with Crippen molar-refractivity contribution in [1.82, 2.24) is 15.6 Å². The van der Waals surface area contributed by atoms with E-state index in [0.29, 0.717) is 19.0 Å². The van der Waals surface area contributed by atoms with Gasteiger partial charge in [-0.15, -0.1) is 0 Å². The van der Waals surface area contributed by atoms with Crippen molar-refractivity contribution in [3.05, 3.63) is 53.9 Å². The second-order valence-electron chi connectivity index (χ2n) is 7.35. The second kappa shape index (κ2) is 11.4. The van der Waals surface area contributed by atoms with E-state index in [1.165, 1.54) is 12.8 Å². The molecule has 162 valence electrons. The maximum absolute atomic E-state index is 10.4. The predicted molar refractivity (Wildman–Crippen MR) is 118 cm³/mol. The van der Waals surface area contributed by atoms with Gasteiger partial charge in [0, 0.05) is 31.0 Å². The number of nitrogens with zero attached hydrogens (tertiary/aromatic N) is 2.